The van der Waals surface area contributed by atoms with Gasteiger partial charge < -0.3 is 4.74 Å². The van der Waals surface area contributed by atoms with Gasteiger partial charge in [0.1, 0.15) is 5.75 Å². The van der Waals surface area contributed by atoms with E-state index in [2.05, 4.69) is 4.74 Å². The van der Waals surface area contributed by atoms with Gasteiger partial charge in [-0.15, -0.1) is 0 Å². The number of halogens is 4. The highest BCUT2D eigenvalue weighted by atomic mass is 35.5. The summed E-state index contributed by atoms with van der Waals surface area (Å²) in [5.41, 5.74) is 1.52. The van der Waals surface area contributed by atoms with E-state index in [1.54, 1.807) is 30.3 Å². The molecule has 0 bridgehead atoms. The van der Waals surface area contributed by atoms with Crippen LogP contribution >= 0.6 is 23.2 Å². The monoisotopic (exact) mass is 288 g/mol. The average Bonchev–Trinajstić information content (AvgIpc) is 2.33. The second-order valence-electron chi connectivity index (χ2n) is 3.53. The Morgan fingerprint density at radius 1 is 0.944 bits per heavy atom. The minimum atomic E-state index is -2.83. The number of rotatable bonds is 3. The molecule has 0 saturated carbocycles. The first-order valence-corrected chi connectivity index (χ1v) is 5.82. The van der Waals surface area contributed by atoms with Gasteiger partial charge in [0.25, 0.3) is 0 Å². The molecule has 0 amide bonds. The number of alkyl halides is 2. The minimum Gasteiger partial charge on any atom is -0.435 e. The van der Waals surface area contributed by atoms with Crippen LogP contribution in [0.3, 0.4) is 0 Å². The smallest absolute Gasteiger partial charge is 0.387 e. The average molecular weight is 289 g/mol. The van der Waals surface area contributed by atoms with Gasteiger partial charge in [0.2, 0.25) is 0 Å². The third-order valence-electron chi connectivity index (χ3n) is 2.32. The lowest BCUT2D eigenvalue weighted by atomic mass is 10.1. The molecule has 2 rings (SSSR count). The molecule has 0 heterocycles. The SMILES string of the molecule is FC(F)Oc1ccc(-c2cc(Cl)ccc2Cl)cc1. The van der Waals surface area contributed by atoms with E-state index in [0.717, 1.165) is 11.1 Å². The number of hydrogen-bond acceptors (Lipinski definition) is 1. The van der Waals surface area contributed by atoms with Gasteiger partial charge in [-0.25, -0.2) is 0 Å². The van der Waals surface area contributed by atoms with Crippen molar-refractivity contribution in [3.8, 4) is 16.9 Å². The van der Waals surface area contributed by atoms with Gasteiger partial charge in [0.05, 0.1) is 0 Å². The molecule has 0 aliphatic carbocycles. The summed E-state index contributed by atoms with van der Waals surface area (Å²) in [5.74, 6) is 0.104. The van der Waals surface area contributed by atoms with Crippen molar-refractivity contribution in [2.75, 3.05) is 0 Å². The Morgan fingerprint density at radius 2 is 1.61 bits per heavy atom. The van der Waals surface area contributed by atoms with Crippen molar-refractivity contribution in [3.63, 3.8) is 0 Å². The fourth-order valence-electron chi connectivity index (χ4n) is 1.53. The van der Waals surface area contributed by atoms with E-state index >= 15 is 0 Å². The summed E-state index contributed by atoms with van der Waals surface area (Å²) in [6, 6.07) is 11.3. The van der Waals surface area contributed by atoms with Crippen molar-refractivity contribution in [1.29, 1.82) is 0 Å². The largest absolute Gasteiger partial charge is 0.435 e. The fraction of sp³-hybridized carbons (Fsp3) is 0.0769. The Balaban J connectivity index is 2.31. The molecule has 94 valence electrons. The maximum atomic E-state index is 12.0. The summed E-state index contributed by atoms with van der Waals surface area (Å²) in [5, 5.41) is 1.10. The van der Waals surface area contributed by atoms with E-state index in [9.17, 15) is 8.78 Å². The Hall–Kier alpha value is -1.32. The molecule has 0 atom stereocenters. The van der Waals surface area contributed by atoms with Crippen molar-refractivity contribution in [1.82, 2.24) is 0 Å². The molecule has 0 aliphatic rings. The van der Waals surface area contributed by atoms with Crippen LogP contribution in [0, 0.1) is 0 Å². The molecule has 5 heteroatoms. The van der Waals surface area contributed by atoms with E-state index < -0.39 is 6.61 Å². The lowest BCUT2D eigenvalue weighted by Gasteiger charge is -2.07. The molecule has 0 N–H and O–H groups in total. The zero-order valence-electron chi connectivity index (χ0n) is 9.04. The van der Waals surface area contributed by atoms with Crippen molar-refractivity contribution < 1.29 is 13.5 Å². The quantitative estimate of drug-likeness (QED) is 0.748. The molecule has 2 aromatic carbocycles. The molecule has 0 fully saturated rings. The van der Waals surface area contributed by atoms with Crippen molar-refractivity contribution in [2.24, 2.45) is 0 Å². The lowest BCUT2D eigenvalue weighted by Crippen LogP contribution is -2.01. The van der Waals surface area contributed by atoms with Gasteiger partial charge >= 0.3 is 6.61 Å². The van der Waals surface area contributed by atoms with E-state index in [1.165, 1.54) is 12.1 Å². The summed E-state index contributed by atoms with van der Waals surface area (Å²) in [4.78, 5) is 0. The van der Waals surface area contributed by atoms with Crippen LogP contribution in [-0.2, 0) is 0 Å². The van der Waals surface area contributed by atoms with Crippen LogP contribution in [0.5, 0.6) is 5.75 Å². The second-order valence-corrected chi connectivity index (χ2v) is 4.37. The number of hydrogen-bond donors (Lipinski definition) is 0. The normalized spacial score (nSPS) is 10.7. The lowest BCUT2D eigenvalue weighted by molar-refractivity contribution is -0.0498. The van der Waals surface area contributed by atoms with E-state index in [0.29, 0.717) is 10.0 Å². The van der Waals surface area contributed by atoms with Gasteiger partial charge in [0, 0.05) is 15.6 Å². The Morgan fingerprint density at radius 3 is 2.22 bits per heavy atom. The molecular weight excluding hydrogens is 281 g/mol. The van der Waals surface area contributed by atoms with Crippen LogP contribution < -0.4 is 4.74 Å². The van der Waals surface area contributed by atoms with Gasteiger partial charge in [-0.2, -0.15) is 8.78 Å². The van der Waals surface area contributed by atoms with Crippen LogP contribution in [0.4, 0.5) is 8.78 Å². The molecule has 2 aromatic rings. The van der Waals surface area contributed by atoms with E-state index in [1.807, 2.05) is 0 Å². The van der Waals surface area contributed by atoms with Crippen molar-refractivity contribution in [3.05, 3.63) is 52.5 Å². The number of ether oxygens (including phenoxy) is 1. The van der Waals surface area contributed by atoms with Crippen molar-refractivity contribution >= 4 is 23.2 Å². The molecule has 18 heavy (non-hydrogen) atoms. The highest BCUT2D eigenvalue weighted by molar-refractivity contribution is 6.35. The van der Waals surface area contributed by atoms with Crippen LogP contribution in [0.1, 0.15) is 0 Å². The molecule has 0 spiro atoms. The van der Waals surface area contributed by atoms with Crippen LogP contribution in [0.25, 0.3) is 11.1 Å². The standard InChI is InChI=1S/C13H8Cl2F2O/c14-9-3-6-12(15)11(7-9)8-1-4-10(5-2-8)18-13(16)17/h1-7,13H. The molecule has 0 aliphatic heterocycles. The Bertz CT molecular complexity index is 541. The van der Waals surface area contributed by atoms with Crippen LogP contribution in [-0.4, -0.2) is 6.61 Å². The highest BCUT2D eigenvalue weighted by Crippen LogP contribution is 2.31. The summed E-state index contributed by atoms with van der Waals surface area (Å²) in [6.07, 6.45) is 0. The summed E-state index contributed by atoms with van der Waals surface area (Å²) >= 11 is 11.9. The summed E-state index contributed by atoms with van der Waals surface area (Å²) in [6.45, 7) is -2.83. The molecular formula is C13H8Cl2F2O. The highest BCUT2D eigenvalue weighted by Gasteiger charge is 2.07. The van der Waals surface area contributed by atoms with Gasteiger partial charge in [-0.1, -0.05) is 35.3 Å². The molecule has 0 unspecified atom stereocenters. The topological polar surface area (TPSA) is 9.23 Å². The third-order valence-corrected chi connectivity index (χ3v) is 2.88. The van der Waals surface area contributed by atoms with E-state index in [4.69, 9.17) is 23.2 Å². The predicted molar refractivity (Wildman–Crippen MR) is 68.5 cm³/mol. The molecule has 0 radical (unpaired) electrons. The first-order chi connectivity index (χ1) is 8.56. The second kappa shape index (κ2) is 5.55. The summed E-state index contributed by atoms with van der Waals surface area (Å²) in [7, 11) is 0. The van der Waals surface area contributed by atoms with Gasteiger partial charge in [-0.05, 0) is 35.9 Å². The first kappa shape index (κ1) is 13.1. The Kier molecular flexibility index (Phi) is 4.04. The summed E-state index contributed by atoms with van der Waals surface area (Å²) < 4.78 is 28.3. The number of benzene rings is 2. The van der Waals surface area contributed by atoms with Crippen LogP contribution in [0.2, 0.25) is 10.0 Å². The minimum absolute atomic E-state index is 0.104. The zero-order valence-corrected chi connectivity index (χ0v) is 10.6. The third kappa shape index (κ3) is 3.12. The van der Waals surface area contributed by atoms with Crippen molar-refractivity contribution in [2.45, 2.75) is 6.61 Å². The zero-order chi connectivity index (χ0) is 13.1. The maximum Gasteiger partial charge on any atom is 0.387 e. The van der Waals surface area contributed by atoms with Gasteiger partial charge in [0.15, 0.2) is 0 Å². The molecule has 0 saturated heterocycles. The first-order valence-electron chi connectivity index (χ1n) is 5.06. The molecule has 1 nitrogen and oxygen atoms in total. The maximum absolute atomic E-state index is 12.0. The predicted octanol–water partition coefficient (Wildman–Crippen LogP) is 5.26. The van der Waals surface area contributed by atoms with Crippen LogP contribution in [0.15, 0.2) is 42.5 Å². The van der Waals surface area contributed by atoms with Gasteiger partial charge in [-0.3, -0.25) is 0 Å². The fourth-order valence-corrected chi connectivity index (χ4v) is 1.93. The van der Waals surface area contributed by atoms with E-state index in [-0.39, 0.29) is 5.75 Å². The Labute approximate surface area is 113 Å². The molecule has 0 aromatic heterocycles.